The predicted molar refractivity (Wildman–Crippen MR) is 118 cm³/mol. The Bertz CT molecular complexity index is 821. The van der Waals surface area contributed by atoms with Gasteiger partial charge in [-0.3, -0.25) is 4.79 Å². The number of aryl methyl sites for hydroxylation is 1. The molecule has 6 nitrogen and oxygen atoms in total. The van der Waals surface area contributed by atoms with Gasteiger partial charge in [-0.1, -0.05) is 37.3 Å². The van der Waals surface area contributed by atoms with Crippen molar-refractivity contribution < 1.29 is 9.59 Å². The lowest BCUT2D eigenvalue weighted by Crippen LogP contribution is -2.37. The smallest absolute Gasteiger partial charge is 0.319 e. The van der Waals surface area contributed by atoms with Crippen molar-refractivity contribution in [1.82, 2.24) is 15.5 Å². The number of urea groups is 1. The van der Waals surface area contributed by atoms with Crippen molar-refractivity contribution in [3.8, 4) is 0 Å². The van der Waals surface area contributed by atoms with Crippen LogP contribution < -0.4 is 16.0 Å². The molecule has 6 heteroatoms. The highest BCUT2D eigenvalue weighted by molar-refractivity contribution is 5.96. The molecule has 2 aromatic rings. The summed E-state index contributed by atoms with van der Waals surface area (Å²) in [7, 11) is 3.98. The predicted octanol–water partition coefficient (Wildman–Crippen LogP) is 3.95. The van der Waals surface area contributed by atoms with E-state index in [9.17, 15) is 9.59 Å². The number of benzene rings is 2. The van der Waals surface area contributed by atoms with E-state index in [2.05, 4.69) is 33.0 Å². The Labute approximate surface area is 173 Å². The lowest BCUT2D eigenvalue weighted by atomic mass is 10.1. The zero-order valence-electron chi connectivity index (χ0n) is 18.0. The molecule has 0 aromatic heterocycles. The number of nitrogens with zero attached hydrogens (tertiary/aromatic N) is 1. The molecule has 0 aliphatic heterocycles. The summed E-state index contributed by atoms with van der Waals surface area (Å²) in [6.07, 6.45) is 0.876. The average Bonchev–Trinajstić information content (AvgIpc) is 2.70. The van der Waals surface area contributed by atoms with E-state index in [4.69, 9.17) is 0 Å². The number of nitrogens with one attached hydrogen (secondary N) is 3. The van der Waals surface area contributed by atoms with Gasteiger partial charge in [-0.25, -0.2) is 4.79 Å². The minimum absolute atomic E-state index is 0.0784. The fourth-order valence-corrected chi connectivity index (χ4v) is 2.98. The first-order valence-electron chi connectivity index (χ1n) is 9.99. The van der Waals surface area contributed by atoms with Gasteiger partial charge in [-0.15, -0.1) is 0 Å². The number of anilines is 1. The van der Waals surface area contributed by atoms with E-state index in [-0.39, 0.29) is 24.0 Å². The van der Waals surface area contributed by atoms with Crippen LogP contribution in [-0.4, -0.2) is 43.5 Å². The first-order chi connectivity index (χ1) is 13.8. The highest BCUT2D eigenvalue weighted by atomic mass is 16.2. The van der Waals surface area contributed by atoms with Gasteiger partial charge in [-0.2, -0.15) is 0 Å². The average molecular weight is 397 g/mol. The number of amides is 3. The molecular weight excluding hydrogens is 364 g/mol. The molecule has 0 aliphatic rings. The molecule has 2 rings (SSSR count). The summed E-state index contributed by atoms with van der Waals surface area (Å²) in [4.78, 5) is 26.7. The van der Waals surface area contributed by atoms with E-state index in [0.717, 1.165) is 17.5 Å². The van der Waals surface area contributed by atoms with Crippen LogP contribution in [0.15, 0.2) is 48.5 Å². The van der Waals surface area contributed by atoms with Gasteiger partial charge >= 0.3 is 6.03 Å². The maximum absolute atomic E-state index is 12.4. The van der Waals surface area contributed by atoms with Crippen molar-refractivity contribution in [3.05, 3.63) is 65.2 Å². The molecule has 0 spiro atoms. The van der Waals surface area contributed by atoms with Gasteiger partial charge in [0.2, 0.25) is 0 Å². The van der Waals surface area contributed by atoms with Crippen LogP contribution in [0, 0.1) is 6.92 Å². The SMILES string of the molecule is CCC(C)NC(=O)c1ccc(NC(=O)NCC(c2ccccc2)N(C)C)c(C)c1. The number of rotatable bonds is 8. The summed E-state index contributed by atoms with van der Waals surface area (Å²) < 4.78 is 0. The quantitative estimate of drug-likeness (QED) is 0.633. The molecular formula is C23H32N4O2. The van der Waals surface area contributed by atoms with Gasteiger partial charge in [0.25, 0.3) is 5.91 Å². The van der Waals surface area contributed by atoms with Crippen molar-refractivity contribution in [2.75, 3.05) is 26.0 Å². The van der Waals surface area contributed by atoms with Crippen LogP contribution in [0.1, 0.15) is 47.8 Å². The second-order valence-corrected chi connectivity index (χ2v) is 7.54. The molecule has 0 aliphatic carbocycles. The fraction of sp³-hybridized carbons (Fsp3) is 0.391. The van der Waals surface area contributed by atoms with Gasteiger partial charge in [0.1, 0.15) is 0 Å². The van der Waals surface area contributed by atoms with Crippen LogP contribution in [0.5, 0.6) is 0 Å². The van der Waals surface area contributed by atoms with E-state index in [1.54, 1.807) is 18.2 Å². The van der Waals surface area contributed by atoms with Crippen LogP contribution in [0.2, 0.25) is 0 Å². The number of hydrogen-bond acceptors (Lipinski definition) is 3. The molecule has 0 bridgehead atoms. The molecule has 2 aromatic carbocycles. The molecule has 29 heavy (non-hydrogen) atoms. The molecule has 0 heterocycles. The summed E-state index contributed by atoms with van der Waals surface area (Å²) in [5.41, 5.74) is 3.25. The maximum atomic E-state index is 12.4. The monoisotopic (exact) mass is 396 g/mol. The number of hydrogen-bond donors (Lipinski definition) is 3. The standard InChI is InChI=1S/C23H32N4O2/c1-6-17(3)25-22(28)19-12-13-20(16(2)14-19)26-23(29)24-15-21(27(4)5)18-10-8-7-9-11-18/h7-14,17,21H,6,15H2,1-5H3,(H,25,28)(H2,24,26,29). The summed E-state index contributed by atoms with van der Waals surface area (Å²) in [6.45, 7) is 6.36. The first kappa shape index (κ1) is 22.4. The molecule has 156 valence electrons. The van der Waals surface area contributed by atoms with Gasteiger partial charge in [0.05, 0.1) is 6.04 Å². The Morgan fingerprint density at radius 2 is 1.76 bits per heavy atom. The van der Waals surface area contributed by atoms with E-state index < -0.39 is 0 Å². The lowest BCUT2D eigenvalue weighted by Gasteiger charge is -2.25. The number of carbonyl (C=O) groups is 2. The highest BCUT2D eigenvalue weighted by Crippen LogP contribution is 2.18. The Balaban J connectivity index is 1.97. The molecule has 0 saturated heterocycles. The maximum Gasteiger partial charge on any atom is 0.319 e. The van der Waals surface area contributed by atoms with E-state index in [1.165, 1.54) is 0 Å². The van der Waals surface area contributed by atoms with Crippen LogP contribution in [0.3, 0.4) is 0 Å². The summed E-state index contributed by atoms with van der Waals surface area (Å²) in [5.74, 6) is -0.102. The Morgan fingerprint density at radius 3 is 2.34 bits per heavy atom. The van der Waals surface area contributed by atoms with Crippen molar-refractivity contribution in [2.24, 2.45) is 0 Å². The Morgan fingerprint density at radius 1 is 1.07 bits per heavy atom. The van der Waals surface area contributed by atoms with Gasteiger partial charge in [0, 0.05) is 23.8 Å². The minimum atomic E-state index is -0.271. The fourth-order valence-electron chi connectivity index (χ4n) is 2.98. The molecule has 0 radical (unpaired) electrons. The second kappa shape index (κ2) is 10.6. The zero-order valence-corrected chi connectivity index (χ0v) is 18.0. The summed E-state index contributed by atoms with van der Waals surface area (Å²) in [6, 6.07) is 15.3. The second-order valence-electron chi connectivity index (χ2n) is 7.54. The Kier molecular flexibility index (Phi) is 8.21. The third kappa shape index (κ3) is 6.61. The van der Waals surface area contributed by atoms with Crippen LogP contribution >= 0.6 is 0 Å². The van der Waals surface area contributed by atoms with Gasteiger partial charge in [-0.05, 0) is 63.7 Å². The van der Waals surface area contributed by atoms with Crippen molar-refractivity contribution in [1.29, 1.82) is 0 Å². The number of likely N-dealkylation sites (N-methyl/N-ethyl adjacent to an activating group) is 1. The van der Waals surface area contributed by atoms with E-state index in [1.807, 2.05) is 53.1 Å². The third-order valence-electron chi connectivity index (χ3n) is 4.99. The third-order valence-corrected chi connectivity index (χ3v) is 4.99. The van der Waals surface area contributed by atoms with Gasteiger partial charge < -0.3 is 20.9 Å². The minimum Gasteiger partial charge on any atom is -0.350 e. The molecule has 3 N–H and O–H groups in total. The van der Waals surface area contributed by atoms with E-state index in [0.29, 0.717) is 17.8 Å². The molecule has 2 atom stereocenters. The van der Waals surface area contributed by atoms with Crippen LogP contribution in [-0.2, 0) is 0 Å². The largest absolute Gasteiger partial charge is 0.350 e. The molecule has 2 unspecified atom stereocenters. The van der Waals surface area contributed by atoms with E-state index >= 15 is 0 Å². The van der Waals surface area contributed by atoms with Crippen molar-refractivity contribution >= 4 is 17.6 Å². The molecule has 3 amide bonds. The topological polar surface area (TPSA) is 73.5 Å². The van der Waals surface area contributed by atoms with Crippen molar-refractivity contribution in [2.45, 2.75) is 39.3 Å². The van der Waals surface area contributed by atoms with Crippen molar-refractivity contribution in [3.63, 3.8) is 0 Å². The summed E-state index contributed by atoms with van der Waals surface area (Å²) in [5, 5.41) is 8.76. The zero-order chi connectivity index (χ0) is 21.4. The highest BCUT2D eigenvalue weighted by Gasteiger charge is 2.16. The first-order valence-corrected chi connectivity index (χ1v) is 9.99. The lowest BCUT2D eigenvalue weighted by molar-refractivity contribution is 0.0939. The van der Waals surface area contributed by atoms with Gasteiger partial charge in [0.15, 0.2) is 0 Å². The van der Waals surface area contributed by atoms with Crippen LogP contribution in [0.4, 0.5) is 10.5 Å². The summed E-state index contributed by atoms with van der Waals surface area (Å²) >= 11 is 0. The molecule has 0 saturated carbocycles. The Hall–Kier alpha value is -2.86. The number of carbonyl (C=O) groups excluding carboxylic acids is 2. The molecule has 0 fully saturated rings. The van der Waals surface area contributed by atoms with Crippen LogP contribution in [0.25, 0.3) is 0 Å². The normalized spacial score (nSPS) is 12.9.